The first-order valence-corrected chi connectivity index (χ1v) is 13.4. The summed E-state index contributed by atoms with van der Waals surface area (Å²) in [6.45, 7) is 0. The van der Waals surface area contributed by atoms with E-state index in [0.717, 1.165) is 41.1 Å². The van der Waals surface area contributed by atoms with E-state index in [4.69, 9.17) is 9.72 Å². The van der Waals surface area contributed by atoms with E-state index in [1.807, 2.05) is 42.5 Å². The van der Waals surface area contributed by atoms with Crippen LogP contribution in [0, 0.1) is 5.92 Å². The predicted molar refractivity (Wildman–Crippen MR) is 136 cm³/mol. The molecule has 11 heteroatoms. The van der Waals surface area contributed by atoms with E-state index in [1.54, 1.807) is 23.5 Å². The summed E-state index contributed by atoms with van der Waals surface area (Å²) in [5.74, 6) is -2.01. The highest BCUT2D eigenvalue weighted by molar-refractivity contribution is 7.67. The summed E-state index contributed by atoms with van der Waals surface area (Å²) in [6.07, 6.45) is 3.65. The smallest absolute Gasteiger partial charge is 0.318 e. The van der Waals surface area contributed by atoms with Crippen molar-refractivity contribution in [2.75, 3.05) is 12.6 Å². The van der Waals surface area contributed by atoms with Crippen LogP contribution in [0.15, 0.2) is 54.6 Å². The Hall–Kier alpha value is -3.28. The predicted octanol–water partition coefficient (Wildman–Crippen LogP) is 2.93. The van der Waals surface area contributed by atoms with Crippen LogP contribution in [-0.2, 0) is 55.3 Å². The molecule has 2 atom stereocenters. The van der Waals surface area contributed by atoms with Crippen LogP contribution in [0.25, 0.3) is 0 Å². The number of aryl methyl sites for hydroxylation is 2. The lowest BCUT2D eigenvalue weighted by molar-refractivity contribution is -0.150. The van der Waals surface area contributed by atoms with Gasteiger partial charge < -0.3 is 10.1 Å². The van der Waals surface area contributed by atoms with Gasteiger partial charge in [-0.05, 0) is 55.4 Å². The van der Waals surface area contributed by atoms with E-state index in [9.17, 15) is 18.0 Å². The second kappa shape index (κ2) is 12.1. The maximum absolute atomic E-state index is 13.4. The van der Waals surface area contributed by atoms with Crippen LogP contribution in [0.4, 0.5) is 5.69 Å². The molecule has 0 aliphatic heterocycles. The van der Waals surface area contributed by atoms with Crippen LogP contribution in [-0.4, -0.2) is 32.4 Å². The molecule has 3 aromatic rings. The summed E-state index contributed by atoms with van der Waals surface area (Å²) < 4.78 is 30.6. The molecule has 36 heavy (non-hydrogen) atoms. The van der Waals surface area contributed by atoms with Gasteiger partial charge in [0.05, 0.1) is 24.5 Å². The monoisotopic (exact) mass is 529 g/mol. The fourth-order valence-electron chi connectivity index (χ4n) is 4.14. The Balaban J connectivity index is 1.54. The molecule has 4 rings (SSSR count). The molecule has 0 spiro atoms. The molecule has 0 bridgehead atoms. The largest absolute Gasteiger partial charge is 0.468 e. The maximum atomic E-state index is 13.4. The SMILES string of the molecule is COC(=O)[C@@H](Cc1ccccc1)C(=O)N[C@@H](Cc1ccc(NO[SH](=O)=O)cc1)c1nc2c(s1)CCC2. The highest BCUT2D eigenvalue weighted by Gasteiger charge is 2.31. The minimum Gasteiger partial charge on any atom is -0.468 e. The number of nitrogens with zero attached hydrogens (tertiary/aromatic N) is 1. The van der Waals surface area contributed by atoms with Crippen LogP contribution in [0.1, 0.15) is 39.2 Å². The number of hydrogen-bond acceptors (Lipinski definition) is 9. The van der Waals surface area contributed by atoms with Gasteiger partial charge in [0, 0.05) is 4.88 Å². The van der Waals surface area contributed by atoms with Gasteiger partial charge in [-0.2, -0.15) is 4.28 Å². The Morgan fingerprint density at radius 1 is 1.03 bits per heavy atom. The summed E-state index contributed by atoms with van der Waals surface area (Å²) in [5.41, 5.74) is 5.65. The molecule has 1 aliphatic rings. The molecule has 0 unspecified atom stereocenters. The third kappa shape index (κ3) is 6.68. The third-order valence-corrected chi connectivity index (χ3v) is 7.45. The minimum absolute atomic E-state index is 0.225. The lowest BCUT2D eigenvalue weighted by Gasteiger charge is -2.21. The quantitative estimate of drug-likeness (QED) is 0.150. The van der Waals surface area contributed by atoms with Crippen LogP contribution in [0.3, 0.4) is 0 Å². The Labute approximate surface area is 215 Å². The zero-order chi connectivity index (χ0) is 25.5. The van der Waals surface area contributed by atoms with Crippen LogP contribution in [0.2, 0.25) is 0 Å². The Morgan fingerprint density at radius 3 is 2.42 bits per heavy atom. The van der Waals surface area contributed by atoms with E-state index in [2.05, 4.69) is 15.1 Å². The second-order valence-electron chi connectivity index (χ2n) is 8.42. The first-order chi connectivity index (χ1) is 17.4. The molecule has 0 fully saturated rings. The number of carbonyl (C=O) groups excluding carboxylic acids is 2. The lowest BCUT2D eigenvalue weighted by atomic mass is 9.97. The molecule has 1 amide bonds. The molecule has 9 nitrogen and oxygen atoms in total. The first-order valence-electron chi connectivity index (χ1n) is 11.5. The summed E-state index contributed by atoms with van der Waals surface area (Å²) in [6, 6.07) is 15.9. The van der Waals surface area contributed by atoms with Crippen molar-refractivity contribution in [2.45, 2.75) is 38.1 Å². The van der Waals surface area contributed by atoms with Crippen molar-refractivity contribution in [2.24, 2.45) is 5.92 Å². The van der Waals surface area contributed by atoms with E-state index in [-0.39, 0.29) is 6.42 Å². The highest BCUT2D eigenvalue weighted by atomic mass is 32.2. The number of benzene rings is 2. The average Bonchev–Trinajstić information content (AvgIpc) is 3.49. The average molecular weight is 530 g/mol. The maximum Gasteiger partial charge on any atom is 0.318 e. The third-order valence-electron chi connectivity index (χ3n) is 5.94. The molecule has 1 aromatic heterocycles. The van der Waals surface area contributed by atoms with Gasteiger partial charge in [-0.25, -0.2) is 18.9 Å². The van der Waals surface area contributed by atoms with Gasteiger partial charge in [0.25, 0.3) is 11.0 Å². The molecule has 2 aromatic carbocycles. The molecule has 0 radical (unpaired) electrons. The van der Waals surface area contributed by atoms with Crippen LogP contribution >= 0.6 is 11.3 Å². The van der Waals surface area contributed by atoms with E-state index in [1.165, 1.54) is 12.0 Å². The number of esters is 1. The zero-order valence-electron chi connectivity index (χ0n) is 19.6. The number of thiazole rings is 1. The van der Waals surface area contributed by atoms with Crippen molar-refractivity contribution in [3.05, 3.63) is 81.3 Å². The van der Waals surface area contributed by atoms with E-state index in [0.29, 0.717) is 12.1 Å². The number of nitrogens with one attached hydrogen (secondary N) is 2. The van der Waals surface area contributed by atoms with Crippen molar-refractivity contribution < 1.29 is 27.0 Å². The van der Waals surface area contributed by atoms with Crippen molar-refractivity contribution in [3.63, 3.8) is 0 Å². The highest BCUT2D eigenvalue weighted by Crippen LogP contribution is 2.32. The Kier molecular flexibility index (Phi) is 8.68. The fraction of sp³-hybridized carbons (Fsp3) is 0.320. The van der Waals surface area contributed by atoms with Crippen LogP contribution in [0.5, 0.6) is 0 Å². The summed E-state index contributed by atoms with van der Waals surface area (Å²) >= 11 is 1.59. The molecule has 190 valence electrons. The summed E-state index contributed by atoms with van der Waals surface area (Å²) in [4.78, 5) is 32.0. The van der Waals surface area contributed by atoms with Crippen molar-refractivity contribution in [1.82, 2.24) is 10.3 Å². The molecule has 0 saturated carbocycles. The first kappa shape index (κ1) is 25.8. The normalized spacial score (nSPS) is 14.2. The van der Waals surface area contributed by atoms with Crippen molar-refractivity contribution in [1.29, 1.82) is 0 Å². The van der Waals surface area contributed by atoms with E-state index < -0.39 is 34.8 Å². The number of rotatable bonds is 11. The van der Waals surface area contributed by atoms with Gasteiger partial charge in [0.15, 0.2) is 0 Å². The van der Waals surface area contributed by atoms with Gasteiger partial charge in [-0.3, -0.25) is 9.59 Å². The van der Waals surface area contributed by atoms with Crippen molar-refractivity contribution >= 4 is 39.9 Å². The van der Waals surface area contributed by atoms with Gasteiger partial charge >= 0.3 is 5.97 Å². The number of thiol groups is 1. The molecule has 1 aliphatic carbocycles. The molecular formula is C25H27N3O6S2. The van der Waals surface area contributed by atoms with Gasteiger partial charge in [-0.15, -0.1) is 11.3 Å². The summed E-state index contributed by atoms with van der Waals surface area (Å²) in [7, 11) is -1.74. The zero-order valence-corrected chi connectivity index (χ0v) is 21.3. The molecule has 2 N–H and O–H groups in total. The van der Waals surface area contributed by atoms with Gasteiger partial charge in [0.1, 0.15) is 10.9 Å². The fourth-order valence-corrected chi connectivity index (χ4v) is 5.53. The number of ether oxygens (including phenoxy) is 1. The number of hydrogen-bond donors (Lipinski definition) is 3. The van der Waals surface area contributed by atoms with Crippen molar-refractivity contribution in [3.8, 4) is 0 Å². The van der Waals surface area contributed by atoms with E-state index >= 15 is 0 Å². The number of amides is 1. The molecule has 1 heterocycles. The van der Waals surface area contributed by atoms with Gasteiger partial charge in [-0.1, -0.05) is 42.5 Å². The lowest BCUT2D eigenvalue weighted by Crippen LogP contribution is -2.40. The molecular weight excluding hydrogens is 502 g/mol. The topological polar surface area (TPSA) is 124 Å². The Bertz CT molecular complexity index is 1250. The summed E-state index contributed by atoms with van der Waals surface area (Å²) in [5, 5.41) is 3.85. The molecule has 0 saturated heterocycles. The van der Waals surface area contributed by atoms with Gasteiger partial charge in [0.2, 0.25) is 5.91 Å². The number of carbonyl (C=O) groups is 2. The number of fused-ring (bicyclic) bond motifs is 1. The minimum atomic E-state index is -3.02. The number of aromatic nitrogens is 1. The standard InChI is InChI=1S/C25H27N3O6S2/c1-33-25(30)19(14-16-6-3-2-4-7-16)23(29)26-21(24-27-20-8-5-9-22(20)35-24)15-17-10-12-18(13-11-17)28-34-36(31)32/h2-4,6-7,10-13,19,21,28,36H,5,8-9,14-15H2,1H3,(H,26,29)/t19-,21-/m0/s1. The number of methoxy groups -OCH3 is 1. The Morgan fingerprint density at radius 2 is 1.75 bits per heavy atom. The van der Waals surface area contributed by atoms with Crippen LogP contribution < -0.4 is 10.8 Å². The number of anilines is 1. The second-order valence-corrected chi connectivity index (χ2v) is 10.2.